The van der Waals surface area contributed by atoms with E-state index in [9.17, 15) is 14.4 Å². The van der Waals surface area contributed by atoms with Gasteiger partial charge in [0.1, 0.15) is 0 Å². The van der Waals surface area contributed by atoms with Crippen LogP contribution in [-0.2, 0) is 14.7 Å². The largest absolute Gasteiger partial charge is 0.427 e. The van der Waals surface area contributed by atoms with Gasteiger partial charge in [0, 0.05) is 13.1 Å². The number of anilines is 2. The molecule has 1 aliphatic rings. The Morgan fingerprint density at radius 3 is 2.38 bits per heavy atom. The van der Waals surface area contributed by atoms with Crippen LogP contribution in [0.3, 0.4) is 0 Å². The van der Waals surface area contributed by atoms with Crippen molar-refractivity contribution < 1.29 is 19.1 Å². The van der Waals surface area contributed by atoms with Crippen LogP contribution in [0, 0.1) is 0 Å². The normalized spacial score (nSPS) is 16.9. The maximum absolute atomic E-state index is 11.3. The predicted octanol–water partition coefficient (Wildman–Crippen LogP) is 2.33. The molecule has 1 aromatic carbocycles. The minimum atomic E-state index is -4.35. The van der Waals surface area contributed by atoms with Gasteiger partial charge in [-0.1, -0.05) is 26.8 Å². The van der Waals surface area contributed by atoms with Gasteiger partial charge in [-0.25, -0.2) is 4.57 Å². The van der Waals surface area contributed by atoms with E-state index in [4.69, 9.17) is 4.74 Å². The summed E-state index contributed by atoms with van der Waals surface area (Å²) in [5, 5.41) is 2.34. The van der Waals surface area contributed by atoms with Gasteiger partial charge in [-0.15, -0.1) is 0 Å². The lowest BCUT2D eigenvalue weighted by molar-refractivity contribution is 0.123. The summed E-state index contributed by atoms with van der Waals surface area (Å²) in [5.41, 5.74) is 2.21. The third-order valence-corrected chi connectivity index (χ3v) is 4.01. The molecule has 1 fully saturated rings. The van der Waals surface area contributed by atoms with E-state index in [0.29, 0.717) is 32.0 Å². The third-order valence-electron chi connectivity index (χ3n) is 3.48. The molecule has 7 heteroatoms. The maximum atomic E-state index is 11.3. The fraction of sp³-hybridized carbons (Fsp3) is 0.571. The van der Waals surface area contributed by atoms with Crippen molar-refractivity contribution in [2.75, 3.05) is 36.3 Å². The number of ether oxygens (including phenoxy) is 1. The van der Waals surface area contributed by atoms with Crippen LogP contribution in [0.25, 0.3) is 0 Å². The van der Waals surface area contributed by atoms with Gasteiger partial charge < -0.3 is 19.4 Å². The van der Waals surface area contributed by atoms with E-state index >= 15 is 0 Å². The molecule has 21 heavy (non-hydrogen) atoms. The van der Waals surface area contributed by atoms with Gasteiger partial charge >= 0.3 is 7.75 Å². The van der Waals surface area contributed by atoms with Gasteiger partial charge in [-0.2, -0.15) is 0 Å². The first kappa shape index (κ1) is 16.3. The zero-order chi connectivity index (χ0) is 15.7. The van der Waals surface area contributed by atoms with Crippen LogP contribution in [0.4, 0.5) is 11.4 Å². The van der Waals surface area contributed by atoms with Crippen LogP contribution < -0.4 is 9.99 Å². The summed E-state index contributed by atoms with van der Waals surface area (Å²) < 4.78 is 16.7. The molecule has 0 aromatic heterocycles. The molecule has 0 spiro atoms. The number of nitrogens with one attached hydrogen (secondary N) is 1. The van der Waals surface area contributed by atoms with E-state index in [1.165, 1.54) is 0 Å². The number of hydrogen-bond acceptors (Lipinski definition) is 3. The first-order chi connectivity index (χ1) is 9.67. The van der Waals surface area contributed by atoms with Crippen LogP contribution in [0.2, 0.25) is 0 Å². The molecule has 6 nitrogen and oxygen atoms in total. The molecular formula is C14H23N2O4P. The van der Waals surface area contributed by atoms with Crippen molar-refractivity contribution in [2.45, 2.75) is 26.2 Å². The van der Waals surface area contributed by atoms with Crippen molar-refractivity contribution in [2.24, 2.45) is 0 Å². The van der Waals surface area contributed by atoms with E-state index in [2.05, 4.69) is 30.8 Å². The Bertz CT molecular complexity index is 544. The zero-order valence-electron chi connectivity index (χ0n) is 12.7. The Morgan fingerprint density at radius 2 is 1.86 bits per heavy atom. The van der Waals surface area contributed by atoms with E-state index in [1.54, 1.807) is 0 Å². The average molecular weight is 314 g/mol. The number of hydrogen-bond donors (Lipinski definition) is 3. The van der Waals surface area contributed by atoms with Crippen molar-refractivity contribution >= 4 is 19.1 Å². The van der Waals surface area contributed by atoms with Crippen molar-refractivity contribution in [3.8, 4) is 0 Å². The molecule has 1 aromatic rings. The van der Waals surface area contributed by atoms with E-state index < -0.39 is 7.75 Å². The molecule has 1 heterocycles. The van der Waals surface area contributed by atoms with E-state index in [1.807, 2.05) is 18.2 Å². The molecule has 1 aliphatic heterocycles. The standard InChI is InChI=1S/C14H23N2O4P/c1-14(2,3)11-4-5-13(16-6-8-20-9-7-16)12(10-11)15-21(17,18)19/h4-5,10H,6-9H2,1-3H3,(H3,15,17,18,19). The molecule has 1 saturated heterocycles. The highest BCUT2D eigenvalue weighted by molar-refractivity contribution is 7.53. The van der Waals surface area contributed by atoms with E-state index in [-0.39, 0.29) is 5.41 Å². The number of rotatable bonds is 3. The van der Waals surface area contributed by atoms with Crippen molar-refractivity contribution in [1.82, 2.24) is 0 Å². The summed E-state index contributed by atoms with van der Waals surface area (Å²) in [6.07, 6.45) is 0. The second kappa shape index (κ2) is 5.97. The van der Waals surface area contributed by atoms with Crippen LogP contribution in [0.1, 0.15) is 26.3 Å². The maximum Gasteiger partial charge on any atom is 0.427 e. The number of benzene rings is 1. The van der Waals surface area contributed by atoms with Gasteiger partial charge in [-0.3, -0.25) is 5.09 Å². The molecule has 0 aliphatic carbocycles. The second-order valence-corrected chi connectivity index (χ2v) is 7.55. The van der Waals surface area contributed by atoms with Gasteiger partial charge in [-0.05, 0) is 23.1 Å². The predicted molar refractivity (Wildman–Crippen MR) is 83.8 cm³/mol. The SMILES string of the molecule is CC(C)(C)c1ccc(N2CCOCC2)c(NP(=O)(O)O)c1. The second-order valence-electron chi connectivity index (χ2n) is 6.24. The summed E-state index contributed by atoms with van der Waals surface area (Å²) in [7, 11) is -4.35. The van der Waals surface area contributed by atoms with Crippen LogP contribution >= 0.6 is 7.75 Å². The molecule has 3 N–H and O–H groups in total. The van der Waals surface area contributed by atoms with Crippen LogP contribution in [0.15, 0.2) is 18.2 Å². The van der Waals surface area contributed by atoms with Crippen LogP contribution in [-0.4, -0.2) is 36.1 Å². The summed E-state index contributed by atoms with van der Waals surface area (Å²) >= 11 is 0. The van der Waals surface area contributed by atoms with Crippen molar-refractivity contribution in [3.63, 3.8) is 0 Å². The van der Waals surface area contributed by atoms with Crippen molar-refractivity contribution in [3.05, 3.63) is 23.8 Å². The summed E-state index contributed by atoms with van der Waals surface area (Å²) in [6, 6.07) is 5.75. The highest BCUT2D eigenvalue weighted by Crippen LogP contribution is 2.41. The highest BCUT2D eigenvalue weighted by atomic mass is 31.2. The molecule has 0 atom stereocenters. The monoisotopic (exact) mass is 314 g/mol. The van der Waals surface area contributed by atoms with Gasteiger partial charge in [0.25, 0.3) is 0 Å². The fourth-order valence-corrected chi connectivity index (χ4v) is 2.82. The van der Waals surface area contributed by atoms with Crippen LogP contribution in [0.5, 0.6) is 0 Å². The molecule has 2 rings (SSSR count). The minimum Gasteiger partial charge on any atom is -0.378 e. The van der Waals surface area contributed by atoms with Crippen molar-refractivity contribution in [1.29, 1.82) is 0 Å². The summed E-state index contributed by atoms with van der Waals surface area (Å²) in [6.45, 7) is 8.87. The molecular weight excluding hydrogens is 291 g/mol. The lowest BCUT2D eigenvalue weighted by Crippen LogP contribution is -2.36. The Morgan fingerprint density at radius 1 is 1.24 bits per heavy atom. The third kappa shape index (κ3) is 4.45. The van der Waals surface area contributed by atoms with Gasteiger partial charge in [0.15, 0.2) is 0 Å². The molecule has 0 unspecified atom stereocenters. The topological polar surface area (TPSA) is 82.0 Å². The van der Waals surface area contributed by atoms with E-state index in [0.717, 1.165) is 11.3 Å². The first-order valence-electron chi connectivity index (χ1n) is 6.98. The molecule has 118 valence electrons. The average Bonchev–Trinajstić information content (AvgIpc) is 2.36. The first-order valence-corrected chi connectivity index (χ1v) is 8.59. The summed E-state index contributed by atoms with van der Waals surface area (Å²) in [5.74, 6) is 0. The Hall–Kier alpha value is -1.07. The van der Waals surface area contributed by atoms with Gasteiger partial charge in [0.05, 0.1) is 24.6 Å². The zero-order valence-corrected chi connectivity index (χ0v) is 13.6. The minimum absolute atomic E-state index is 0.0884. The quantitative estimate of drug-likeness (QED) is 0.743. The lowest BCUT2D eigenvalue weighted by Gasteiger charge is -2.32. The number of morpholine rings is 1. The fourth-order valence-electron chi connectivity index (χ4n) is 2.33. The Kier molecular flexibility index (Phi) is 4.63. The molecule has 0 bridgehead atoms. The smallest absolute Gasteiger partial charge is 0.378 e. The Balaban J connectivity index is 2.40. The number of nitrogens with zero attached hydrogens (tertiary/aromatic N) is 1. The Labute approximate surface area is 125 Å². The molecule has 0 radical (unpaired) electrons. The highest BCUT2D eigenvalue weighted by Gasteiger charge is 2.22. The molecule has 0 amide bonds. The lowest BCUT2D eigenvalue weighted by atomic mass is 9.86. The molecule has 0 saturated carbocycles. The summed E-state index contributed by atoms with van der Waals surface area (Å²) in [4.78, 5) is 20.6. The van der Waals surface area contributed by atoms with Gasteiger partial charge in [0.2, 0.25) is 0 Å².